The fourth-order valence-electron chi connectivity index (χ4n) is 1.42. The van der Waals surface area contributed by atoms with Gasteiger partial charge in [-0.25, -0.2) is 4.39 Å². The van der Waals surface area contributed by atoms with Crippen LogP contribution >= 0.6 is 11.8 Å². The summed E-state index contributed by atoms with van der Waals surface area (Å²) in [5.74, 6) is -0.235. The molecule has 0 amide bonds. The molecule has 2 rings (SSSR count). The molecule has 0 aliphatic carbocycles. The summed E-state index contributed by atoms with van der Waals surface area (Å²) in [5.41, 5.74) is 6.51. The van der Waals surface area contributed by atoms with E-state index < -0.39 is 0 Å². The highest BCUT2D eigenvalue weighted by atomic mass is 32.2. The third kappa shape index (κ3) is 3.05. The lowest BCUT2D eigenvalue weighted by Crippen LogP contribution is -2.05. The Morgan fingerprint density at radius 2 is 1.94 bits per heavy atom. The van der Waals surface area contributed by atoms with Gasteiger partial charge in [-0.15, -0.1) is 0 Å². The van der Waals surface area contributed by atoms with Crippen LogP contribution in [0.1, 0.15) is 18.5 Å². The third-order valence-electron chi connectivity index (χ3n) is 2.36. The van der Waals surface area contributed by atoms with E-state index in [-0.39, 0.29) is 11.9 Å². The molecule has 0 radical (unpaired) electrons. The maximum Gasteiger partial charge on any atom is 0.137 e. The van der Waals surface area contributed by atoms with Crippen molar-refractivity contribution in [1.29, 1.82) is 0 Å². The summed E-state index contributed by atoms with van der Waals surface area (Å²) in [6.07, 6.45) is 3.38. The van der Waals surface area contributed by atoms with Gasteiger partial charge < -0.3 is 5.73 Å². The van der Waals surface area contributed by atoms with Gasteiger partial charge in [0.2, 0.25) is 0 Å². The maximum absolute atomic E-state index is 13.8. The zero-order valence-corrected chi connectivity index (χ0v) is 10.2. The Hall–Kier alpha value is -1.39. The minimum atomic E-state index is -0.235. The van der Waals surface area contributed by atoms with Crippen molar-refractivity contribution in [3.63, 3.8) is 0 Å². The molecule has 1 aromatic carbocycles. The highest BCUT2D eigenvalue weighted by Gasteiger charge is 2.07. The Kier molecular flexibility index (Phi) is 3.76. The molecule has 88 valence electrons. The number of pyridine rings is 1. The first-order valence-corrected chi connectivity index (χ1v) is 6.11. The van der Waals surface area contributed by atoms with Gasteiger partial charge in [-0.1, -0.05) is 17.8 Å². The van der Waals surface area contributed by atoms with Crippen LogP contribution < -0.4 is 5.73 Å². The topological polar surface area (TPSA) is 38.9 Å². The van der Waals surface area contributed by atoms with Gasteiger partial charge >= 0.3 is 0 Å². The molecule has 2 N–H and O–H groups in total. The van der Waals surface area contributed by atoms with Gasteiger partial charge in [0.25, 0.3) is 0 Å². The quantitative estimate of drug-likeness (QED) is 0.905. The predicted molar refractivity (Wildman–Crippen MR) is 67.4 cm³/mol. The van der Waals surface area contributed by atoms with Crippen molar-refractivity contribution < 1.29 is 4.39 Å². The second kappa shape index (κ2) is 5.29. The van der Waals surface area contributed by atoms with Crippen molar-refractivity contribution >= 4 is 11.8 Å². The molecule has 0 unspecified atom stereocenters. The minimum absolute atomic E-state index is 0.149. The average molecular weight is 248 g/mol. The summed E-state index contributed by atoms with van der Waals surface area (Å²) in [7, 11) is 0. The van der Waals surface area contributed by atoms with Crippen LogP contribution in [0.2, 0.25) is 0 Å². The lowest BCUT2D eigenvalue weighted by molar-refractivity contribution is 0.596. The molecule has 1 atom stereocenters. The van der Waals surface area contributed by atoms with Crippen molar-refractivity contribution in [1.82, 2.24) is 4.98 Å². The highest BCUT2D eigenvalue weighted by molar-refractivity contribution is 7.99. The van der Waals surface area contributed by atoms with Gasteiger partial charge in [0.1, 0.15) is 5.82 Å². The normalized spacial score (nSPS) is 12.4. The zero-order chi connectivity index (χ0) is 12.3. The number of benzene rings is 1. The van der Waals surface area contributed by atoms with Gasteiger partial charge in [-0.2, -0.15) is 0 Å². The summed E-state index contributed by atoms with van der Waals surface area (Å²) in [6.45, 7) is 1.84. The van der Waals surface area contributed by atoms with E-state index in [9.17, 15) is 4.39 Å². The first-order valence-electron chi connectivity index (χ1n) is 5.30. The van der Waals surface area contributed by atoms with Crippen molar-refractivity contribution in [3.05, 3.63) is 54.1 Å². The predicted octanol–water partition coefficient (Wildman–Crippen LogP) is 3.39. The summed E-state index contributed by atoms with van der Waals surface area (Å²) in [6, 6.07) is 8.67. The van der Waals surface area contributed by atoms with E-state index in [1.807, 2.05) is 25.1 Å². The SMILES string of the molecule is C[C@@H](N)c1ccc(Sc2ccncc2)c(F)c1. The Bertz CT molecular complexity index is 500. The number of nitrogens with two attached hydrogens (primary N) is 1. The molecule has 1 aromatic heterocycles. The lowest BCUT2D eigenvalue weighted by Gasteiger charge is -2.08. The summed E-state index contributed by atoms with van der Waals surface area (Å²) < 4.78 is 13.8. The zero-order valence-electron chi connectivity index (χ0n) is 9.43. The van der Waals surface area contributed by atoms with E-state index in [4.69, 9.17) is 5.73 Å². The van der Waals surface area contributed by atoms with E-state index in [1.54, 1.807) is 18.5 Å². The minimum Gasteiger partial charge on any atom is -0.324 e. The monoisotopic (exact) mass is 248 g/mol. The maximum atomic E-state index is 13.8. The number of hydrogen-bond acceptors (Lipinski definition) is 3. The molecule has 0 saturated carbocycles. The molecular weight excluding hydrogens is 235 g/mol. The molecule has 0 aliphatic rings. The molecule has 0 aliphatic heterocycles. The lowest BCUT2D eigenvalue weighted by atomic mass is 10.1. The Morgan fingerprint density at radius 3 is 2.53 bits per heavy atom. The largest absolute Gasteiger partial charge is 0.324 e. The molecule has 0 saturated heterocycles. The molecule has 4 heteroatoms. The van der Waals surface area contributed by atoms with Crippen molar-refractivity contribution in [2.75, 3.05) is 0 Å². The van der Waals surface area contributed by atoms with E-state index in [0.29, 0.717) is 4.90 Å². The second-order valence-corrected chi connectivity index (χ2v) is 4.88. The van der Waals surface area contributed by atoms with Crippen LogP contribution in [0, 0.1) is 5.82 Å². The Balaban J connectivity index is 2.23. The standard InChI is InChI=1S/C13H13FN2S/c1-9(15)10-2-3-13(12(14)8-10)17-11-4-6-16-7-5-11/h2-9H,15H2,1H3/t9-/m1/s1. The van der Waals surface area contributed by atoms with Crippen molar-refractivity contribution in [2.24, 2.45) is 5.73 Å². The number of rotatable bonds is 3. The van der Waals surface area contributed by atoms with E-state index in [0.717, 1.165) is 10.5 Å². The first-order chi connectivity index (χ1) is 8.16. The fourth-order valence-corrected chi connectivity index (χ4v) is 2.22. The summed E-state index contributed by atoms with van der Waals surface area (Å²) in [5, 5.41) is 0. The average Bonchev–Trinajstić information content (AvgIpc) is 2.33. The second-order valence-electron chi connectivity index (χ2n) is 3.76. The molecule has 2 aromatic rings. The van der Waals surface area contributed by atoms with E-state index in [1.165, 1.54) is 17.8 Å². The molecule has 17 heavy (non-hydrogen) atoms. The summed E-state index contributed by atoms with van der Waals surface area (Å²) in [4.78, 5) is 5.49. The number of nitrogens with zero attached hydrogens (tertiary/aromatic N) is 1. The van der Waals surface area contributed by atoms with Crippen molar-refractivity contribution in [2.45, 2.75) is 22.8 Å². The third-order valence-corrected chi connectivity index (χ3v) is 3.42. The van der Waals surface area contributed by atoms with Crippen LogP contribution in [-0.4, -0.2) is 4.98 Å². The molecule has 0 fully saturated rings. The molecule has 1 heterocycles. The van der Waals surface area contributed by atoms with Gasteiger partial charge in [0.15, 0.2) is 0 Å². The molecular formula is C13H13FN2S. The smallest absolute Gasteiger partial charge is 0.137 e. The van der Waals surface area contributed by atoms with Crippen LogP contribution in [0.15, 0.2) is 52.5 Å². The van der Waals surface area contributed by atoms with Crippen LogP contribution in [-0.2, 0) is 0 Å². The van der Waals surface area contributed by atoms with Crippen LogP contribution in [0.25, 0.3) is 0 Å². The molecule has 0 bridgehead atoms. The Morgan fingerprint density at radius 1 is 1.24 bits per heavy atom. The van der Waals surface area contributed by atoms with Gasteiger partial charge in [0.05, 0.1) is 0 Å². The van der Waals surface area contributed by atoms with Crippen LogP contribution in [0.5, 0.6) is 0 Å². The number of aromatic nitrogens is 1. The number of hydrogen-bond donors (Lipinski definition) is 1. The van der Waals surface area contributed by atoms with Crippen LogP contribution in [0.3, 0.4) is 0 Å². The van der Waals surface area contributed by atoms with E-state index in [2.05, 4.69) is 4.98 Å². The first kappa shape index (κ1) is 12.1. The summed E-state index contributed by atoms with van der Waals surface area (Å²) >= 11 is 1.38. The highest BCUT2D eigenvalue weighted by Crippen LogP contribution is 2.30. The Labute approximate surface area is 104 Å². The number of halogens is 1. The van der Waals surface area contributed by atoms with Crippen LogP contribution in [0.4, 0.5) is 4.39 Å². The van der Waals surface area contributed by atoms with Gasteiger partial charge in [-0.3, -0.25) is 4.98 Å². The fraction of sp³-hybridized carbons (Fsp3) is 0.154. The van der Waals surface area contributed by atoms with Gasteiger partial charge in [0, 0.05) is 28.2 Å². The molecule has 0 spiro atoms. The van der Waals surface area contributed by atoms with E-state index >= 15 is 0 Å². The van der Waals surface area contributed by atoms with Crippen molar-refractivity contribution in [3.8, 4) is 0 Å². The van der Waals surface area contributed by atoms with Gasteiger partial charge in [-0.05, 0) is 36.8 Å². The molecule has 2 nitrogen and oxygen atoms in total.